The highest BCUT2D eigenvalue weighted by Crippen LogP contribution is 2.46. The highest BCUT2D eigenvalue weighted by atomic mass is 32.1. The fourth-order valence-corrected chi connectivity index (χ4v) is 8.99. The van der Waals surface area contributed by atoms with Crippen LogP contribution >= 0.6 is 11.3 Å². The van der Waals surface area contributed by atoms with Gasteiger partial charge < -0.3 is 40.7 Å². The van der Waals surface area contributed by atoms with Crippen molar-refractivity contribution in [2.45, 2.75) is 128 Å². The summed E-state index contributed by atoms with van der Waals surface area (Å²) in [6.45, 7) is 8.30. The lowest BCUT2D eigenvalue weighted by Crippen LogP contribution is -2.57. The van der Waals surface area contributed by atoms with E-state index < -0.39 is 47.5 Å². The third-order valence-electron chi connectivity index (χ3n) is 11.8. The third-order valence-corrected chi connectivity index (χ3v) is 12.6. The normalized spacial score (nSPS) is 26.2. The predicted molar refractivity (Wildman–Crippen MR) is 223 cm³/mol. The van der Waals surface area contributed by atoms with Crippen LogP contribution in [-0.2, 0) is 14.4 Å². The number of pyridine rings is 1. The number of aromatic nitrogens is 2. The summed E-state index contributed by atoms with van der Waals surface area (Å²) in [5.74, 6) is -0.461. The van der Waals surface area contributed by atoms with Crippen LogP contribution in [0.25, 0.3) is 22.3 Å². The molecule has 2 aliphatic heterocycles. The Balaban J connectivity index is 1.19. The number of urea groups is 1. The summed E-state index contributed by atoms with van der Waals surface area (Å²) in [5.41, 5.74) is 0.414. The van der Waals surface area contributed by atoms with E-state index in [4.69, 9.17) is 19.4 Å². The van der Waals surface area contributed by atoms with E-state index in [1.165, 1.54) is 29.1 Å². The van der Waals surface area contributed by atoms with Crippen LogP contribution in [0.5, 0.6) is 11.5 Å². The van der Waals surface area contributed by atoms with Gasteiger partial charge >= 0.3 is 12.0 Å². The SMILES string of the molecule is COc1ccc2c(O[C@@H]3C[C@H]4C(=O)N[C@]5(C(=O)O)CC5/C=C\CCCCC[C@H](NC(=O)N[C@H](CC5CC5)C(C)C)C(=O)N4C3)cc(-c3csc(NC(C)C)n3)nc2c1. The second kappa shape index (κ2) is 17.5. The van der Waals surface area contributed by atoms with Crippen molar-refractivity contribution in [2.75, 3.05) is 19.0 Å². The number of thiazole rings is 1. The molecule has 6 atom stereocenters. The van der Waals surface area contributed by atoms with Gasteiger partial charge in [0.05, 0.1) is 24.9 Å². The first-order valence-electron chi connectivity index (χ1n) is 20.8. The van der Waals surface area contributed by atoms with Crippen LogP contribution < -0.4 is 30.7 Å². The second-order valence-corrected chi connectivity index (χ2v) is 17.9. The number of carboxylic acid groups (broad SMARTS) is 1. The molecule has 0 spiro atoms. The number of rotatable bonds is 12. The Morgan fingerprint density at radius 1 is 1.07 bits per heavy atom. The molecule has 58 heavy (non-hydrogen) atoms. The number of anilines is 1. The summed E-state index contributed by atoms with van der Waals surface area (Å²) >= 11 is 1.47. The number of hydrogen-bond donors (Lipinski definition) is 5. The quantitative estimate of drug-likeness (QED) is 0.126. The van der Waals surface area contributed by atoms with E-state index in [2.05, 4.69) is 35.1 Å². The monoisotopic (exact) mass is 815 g/mol. The zero-order valence-corrected chi connectivity index (χ0v) is 34.9. The lowest BCUT2D eigenvalue weighted by atomic mass is 9.98. The van der Waals surface area contributed by atoms with Gasteiger partial charge in [0.1, 0.15) is 40.9 Å². The Bertz CT molecular complexity index is 2030. The molecule has 312 valence electrons. The van der Waals surface area contributed by atoms with E-state index in [1.54, 1.807) is 7.11 Å². The minimum atomic E-state index is -1.45. The number of hydrogen-bond acceptors (Lipinski definition) is 10. The molecule has 3 aromatic rings. The summed E-state index contributed by atoms with van der Waals surface area (Å²) in [7, 11) is 1.59. The van der Waals surface area contributed by atoms with Gasteiger partial charge in [-0.15, -0.1) is 11.3 Å². The number of carboxylic acids is 1. The summed E-state index contributed by atoms with van der Waals surface area (Å²) in [6, 6.07) is 5.16. The molecule has 14 nitrogen and oxygen atoms in total. The van der Waals surface area contributed by atoms with Crippen molar-refractivity contribution in [1.29, 1.82) is 0 Å². The van der Waals surface area contributed by atoms with Crippen LogP contribution in [0.4, 0.5) is 9.93 Å². The molecule has 1 saturated heterocycles. The van der Waals surface area contributed by atoms with Crippen LogP contribution in [0.15, 0.2) is 41.8 Å². The standard InChI is InChI=1S/C43H57N7O7S/c1-24(2)32(17-26-13-14-26)47-41(55)46-31-12-10-8-6-7-9-11-27-21-43(27,40(53)54)49-38(51)36-19-29(22-50(36)39(31)52)57-37-20-34(35-23-58-42(48-35)44-25(3)4)45-33-18-28(56-5)15-16-30(33)37/h9,11,15-16,18,20,23-27,29,31-32,36H,6-8,10,12-14,17,19,21-22H2,1-5H3,(H,44,48)(H,49,51)(H,53,54)(H2,46,47,55)/b11-9-/t27?,29-,31+,32-,36+,43-/m1/s1. The van der Waals surface area contributed by atoms with Gasteiger partial charge in [-0.2, -0.15) is 0 Å². The van der Waals surface area contributed by atoms with E-state index in [1.807, 2.05) is 55.6 Å². The van der Waals surface area contributed by atoms with E-state index in [0.717, 1.165) is 30.8 Å². The van der Waals surface area contributed by atoms with Crippen molar-refractivity contribution >= 4 is 51.2 Å². The smallest absolute Gasteiger partial charge is 0.330 e. The number of carbonyl (C=O) groups is 4. The van der Waals surface area contributed by atoms with Gasteiger partial charge in [0, 0.05) is 47.3 Å². The number of ether oxygens (including phenoxy) is 2. The first-order chi connectivity index (χ1) is 27.8. The van der Waals surface area contributed by atoms with Crippen molar-refractivity contribution in [3.05, 3.63) is 41.8 Å². The number of benzene rings is 1. The molecule has 2 aromatic heterocycles. The Labute approximate surface area is 343 Å². The molecule has 1 unspecified atom stereocenters. The number of nitrogens with one attached hydrogen (secondary N) is 4. The Morgan fingerprint density at radius 3 is 2.60 bits per heavy atom. The maximum atomic E-state index is 14.7. The number of fused-ring (bicyclic) bond motifs is 3. The van der Waals surface area contributed by atoms with Gasteiger partial charge in [0.15, 0.2) is 5.13 Å². The van der Waals surface area contributed by atoms with Gasteiger partial charge in [-0.3, -0.25) is 9.59 Å². The zero-order valence-electron chi connectivity index (χ0n) is 34.1. The fraction of sp³-hybridized carbons (Fsp3) is 0.581. The molecule has 4 heterocycles. The zero-order chi connectivity index (χ0) is 41.1. The number of methoxy groups -OCH3 is 1. The molecule has 15 heteroatoms. The molecule has 1 aromatic carbocycles. The Morgan fingerprint density at radius 2 is 1.88 bits per heavy atom. The van der Waals surface area contributed by atoms with Crippen molar-refractivity contribution in [3.63, 3.8) is 0 Å². The third kappa shape index (κ3) is 9.51. The van der Waals surface area contributed by atoms with Crippen LogP contribution in [0.1, 0.15) is 91.9 Å². The maximum absolute atomic E-state index is 14.7. The molecular formula is C43H57N7O7S. The maximum Gasteiger partial charge on any atom is 0.330 e. The topological polar surface area (TPSA) is 184 Å². The first kappa shape index (κ1) is 41.2. The predicted octanol–water partition coefficient (Wildman–Crippen LogP) is 6.51. The van der Waals surface area contributed by atoms with Gasteiger partial charge in [0.2, 0.25) is 11.8 Å². The van der Waals surface area contributed by atoms with E-state index in [9.17, 15) is 24.3 Å². The van der Waals surface area contributed by atoms with Crippen molar-refractivity contribution in [1.82, 2.24) is 30.8 Å². The van der Waals surface area contributed by atoms with Gasteiger partial charge in [0.25, 0.3) is 0 Å². The Kier molecular flexibility index (Phi) is 12.5. The highest BCUT2D eigenvalue weighted by molar-refractivity contribution is 7.14. The average molecular weight is 816 g/mol. The lowest BCUT2D eigenvalue weighted by molar-refractivity contribution is -0.145. The van der Waals surface area contributed by atoms with Crippen LogP contribution in [0.3, 0.4) is 0 Å². The van der Waals surface area contributed by atoms with Crippen molar-refractivity contribution in [2.24, 2.45) is 17.8 Å². The number of carbonyl (C=O) groups excluding carboxylic acids is 3. The number of aliphatic carboxylic acids is 1. The van der Waals surface area contributed by atoms with Crippen LogP contribution in [0, 0.1) is 17.8 Å². The molecule has 0 radical (unpaired) electrons. The molecule has 2 aliphatic carbocycles. The molecule has 5 N–H and O–H groups in total. The number of nitrogens with zero attached hydrogens (tertiary/aromatic N) is 3. The van der Waals surface area contributed by atoms with Gasteiger partial charge in [-0.1, -0.05) is 51.7 Å². The summed E-state index contributed by atoms with van der Waals surface area (Å²) < 4.78 is 12.3. The minimum absolute atomic E-state index is 0.0270. The number of amides is 4. The second-order valence-electron chi connectivity index (χ2n) is 17.1. The molecule has 2 saturated carbocycles. The summed E-state index contributed by atoms with van der Waals surface area (Å²) in [5, 5.41) is 26.0. The summed E-state index contributed by atoms with van der Waals surface area (Å²) in [6.07, 6.45) is 10.4. The molecule has 4 amide bonds. The summed E-state index contributed by atoms with van der Waals surface area (Å²) in [4.78, 5) is 66.4. The van der Waals surface area contributed by atoms with E-state index in [0.29, 0.717) is 52.5 Å². The van der Waals surface area contributed by atoms with Gasteiger partial charge in [-0.25, -0.2) is 19.6 Å². The fourth-order valence-electron chi connectivity index (χ4n) is 8.14. The average Bonchev–Trinajstić information content (AvgIpc) is 4.03. The molecule has 0 bridgehead atoms. The number of allylic oxidation sites excluding steroid dienone is 1. The molecule has 4 aliphatic rings. The minimum Gasteiger partial charge on any atom is -0.497 e. The Hall–Kier alpha value is -4.92. The molecule has 7 rings (SSSR count). The van der Waals surface area contributed by atoms with Gasteiger partial charge in [-0.05, 0) is 69.9 Å². The van der Waals surface area contributed by atoms with Crippen LogP contribution in [0.2, 0.25) is 0 Å². The highest BCUT2D eigenvalue weighted by Gasteiger charge is 2.61. The van der Waals surface area contributed by atoms with Crippen molar-refractivity contribution in [3.8, 4) is 22.9 Å². The first-order valence-corrected chi connectivity index (χ1v) is 21.7. The largest absolute Gasteiger partial charge is 0.497 e. The van der Waals surface area contributed by atoms with Crippen molar-refractivity contribution < 1.29 is 33.8 Å². The van der Waals surface area contributed by atoms with E-state index in [-0.39, 0.29) is 43.3 Å². The van der Waals surface area contributed by atoms with Crippen LogP contribution in [-0.4, -0.2) is 93.3 Å². The molecule has 3 fully saturated rings. The lowest BCUT2D eigenvalue weighted by Gasteiger charge is -2.30. The van der Waals surface area contributed by atoms with E-state index >= 15 is 0 Å². The molecular weight excluding hydrogens is 759 g/mol.